The molecule has 2 aromatic rings. The van der Waals surface area contributed by atoms with Crippen LogP contribution in [0.3, 0.4) is 0 Å². The number of aromatic nitrogens is 4. The number of rotatable bonds is 5. The molecule has 1 aliphatic rings. The molecule has 1 amide bonds. The number of ether oxygens (including phenoxy) is 3. The molecule has 3 heterocycles. The molecule has 20 heteroatoms. The third-order valence-corrected chi connectivity index (χ3v) is 4.80. The molecule has 3 rings (SSSR count). The van der Waals surface area contributed by atoms with Gasteiger partial charge < -0.3 is 14.2 Å². The summed E-state index contributed by atoms with van der Waals surface area (Å²) in [7, 11) is 0.736. The van der Waals surface area contributed by atoms with Crippen LogP contribution in [0.1, 0.15) is 12.6 Å². The number of amides is 1. The van der Waals surface area contributed by atoms with Gasteiger partial charge in [0.05, 0.1) is 6.33 Å². The van der Waals surface area contributed by atoms with Crippen molar-refractivity contribution in [2.24, 2.45) is 0 Å². The molecule has 0 unspecified atom stereocenters. The summed E-state index contributed by atoms with van der Waals surface area (Å²) in [5, 5.41) is 0. The van der Waals surface area contributed by atoms with Crippen LogP contribution in [0.4, 0.5) is 45.3 Å². The Kier molecular flexibility index (Phi) is 7.26. The van der Waals surface area contributed by atoms with Gasteiger partial charge in [-0.3, -0.25) is 14.3 Å². The normalized spacial score (nSPS) is 20.6. The number of anilines is 1. The first-order valence-corrected chi connectivity index (χ1v) is 9.61. The smallest absolute Gasteiger partial charge is 0.456 e. The minimum Gasteiger partial charge on any atom is -0.456 e. The van der Waals surface area contributed by atoms with Gasteiger partial charge in [-0.05, 0) is 0 Å². The fraction of sp³-hybridized carbons (Fsp3) is 0.529. The SMILES string of the molecule is CN(C(=O)C(F)(F)F)c1ncnc2c1ncn2[C@H]1C[C@H](OC(=O)C(F)(F)F)[C@@H](COC(=O)C(F)(F)F)O1. The highest BCUT2D eigenvalue weighted by Crippen LogP contribution is 2.35. The van der Waals surface area contributed by atoms with E-state index in [0.717, 1.165) is 24.3 Å². The van der Waals surface area contributed by atoms with Crippen molar-refractivity contribution in [3.05, 3.63) is 12.7 Å². The molecular weight excluding hydrogens is 541 g/mol. The Bertz CT molecular complexity index is 1190. The molecule has 0 saturated carbocycles. The van der Waals surface area contributed by atoms with Crippen molar-refractivity contribution >= 4 is 34.8 Å². The number of carbonyl (C=O) groups is 3. The third-order valence-electron chi connectivity index (χ3n) is 4.80. The zero-order valence-corrected chi connectivity index (χ0v) is 17.9. The monoisotopic (exact) mass is 553 g/mol. The van der Waals surface area contributed by atoms with Crippen molar-refractivity contribution in [2.45, 2.75) is 43.4 Å². The fourth-order valence-electron chi connectivity index (χ4n) is 3.17. The molecule has 3 atom stereocenters. The van der Waals surface area contributed by atoms with E-state index in [1.54, 1.807) is 0 Å². The Hall–Kier alpha value is -3.71. The second kappa shape index (κ2) is 9.63. The van der Waals surface area contributed by atoms with Crippen molar-refractivity contribution < 1.29 is 68.1 Å². The minimum atomic E-state index is -5.48. The van der Waals surface area contributed by atoms with Crippen molar-refractivity contribution in [1.29, 1.82) is 0 Å². The summed E-state index contributed by atoms with van der Waals surface area (Å²) in [6.45, 7) is -1.28. The molecule has 2 aromatic heterocycles. The predicted molar refractivity (Wildman–Crippen MR) is 96.3 cm³/mol. The van der Waals surface area contributed by atoms with Crippen molar-refractivity contribution in [2.75, 3.05) is 18.6 Å². The average molecular weight is 553 g/mol. The number of hydrogen-bond donors (Lipinski definition) is 0. The van der Waals surface area contributed by atoms with E-state index in [1.165, 1.54) is 0 Å². The van der Waals surface area contributed by atoms with Crippen LogP contribution in [0.2, 0.25) is 0 Å². The van der Waals surface area contributed by atoms with Gasteiger partial charge in [-0.2, -0.15) is 39.5 Å². The second-order valence-corrected chi connectivity index (χ2v) is 7.29. The third kappa shape index (κ3) is 6.00. The molecule has 1 saturated heterocycles. The van der Waals surface area contributed by atoms with E-state index >= 15 is 0 Å². The summed E-state index contributed by atoms with van der Waals surface area (Å²) < 4.78 is 128. The van der Waals surface area contributed by atoms with Crippen molar-refractivity contribution in [1.82, 2.24) is 19.5 Å². The van der Waals surface area contributed by atoms with Gasteiger partial charge in [-0.15, -0.1) is 0 Å². The highest BCUT2D eigenvalue weighted by Gasteiger charge is 2.48. The summed E-state index contributed by atoms with van der Waals surface area (Å²) in [6, 6.07) is 0. The zero-order chi connectivity index (χ0) is 27.9. The maximum absolute atomic E-state index is 12.8. The second-order valence-electron chi connectivity index (χ2n) is 7.29. The van der Waals surface area contributed by atoms with Crippen LogP contribution in [0.25, 0.3) is 11.2 Å². The number of carbonyl (C=O) groups excluding carboxylic acids is 3. The van der Waals surface area contributed by atoms with E-state index in [1.807, 2.05) is 0 Å². The Morgan fingerprint density at radius 2 is 1.62 bits per heavy atom. The van der Waals surface area contributed by atoms with Gasteiger partial charge in [0.25, 0.3) is 0 Å². The molecule has 0 aromatic carbocycles. The first-order valence-electron chi connectivity index (χ1n) is 9.61. The van der Waals surface area contributed by atoms with E-state index in [4.69, 9.17) is 4.74 Å². The summed E-state index contributed by atoms with van der Waals surface area (Å²) in [5.74, 6) is -8.32. The van der Waals surface area contributed by atoms with Crippen LogP contribution >= 0.6 is 0 Å². The number of hydrogen-bond acceptors (Lipinski definition) is 9. The Balaban J connectivity index is 1.90. The highest BCUT2D eigenvalue weighted by molar-refractivity contribution is 6.01. The van der Waals surface area contributed by atoms with Crippen LogP contribution < -0.4 is 4.90 Å². The zero-order valence-electron chi connectivity index (χ0n) is 17.9. The van der Waals surface area contributed by atoms with E-state index in [-0.39, 0.29) is 16.1 Å². The summed E-state index contributed by atoms with van der Waals surface area (Å²) in [5.41, 5.74) is -0.687. The summed E-state index contributed by atoms with van der Waals surface area (Å²) in [6.07, 6.45) is -20.4. The first-order chi connectivity index (χ1) is 16.9. The molecule has 1 fully saturated rings. The molecule has 0 spiro atoms. The van der Waals surface area contributed by atoms with E-state index in [9.17, 15) is 53.9 Å². The van der Waals surface area contributed by atoms with E-state index in [0.29, 0.717) is 0 Å². The van der Waals surface area contributed by atoms with Gasteiger partial charge in [0.2, 0.25) is 0 Å². The lowest BCUT2D eigenvalue weighted by molar-refractivity contribution is -0.212. The Labute approximate surface area is 198 Å². The fourth-order valence-corrected chi connectivity index (χ4v) is 3.17. The number of imidazole rings is 1. The van der Waals surface area contributed by atoms with Crippen LogP contribution in [0.15, 0.2) is 12.7 Å². The van der Waals surface area contributed by atoms with Gasteiger partial charge in [0.1, 0.15) is 31.4 Å². The lowest BCUT2D eigenvalue weighted by atomic mass is 10.2. The standard InChI is InChI=1S/C17H12F9N5O6/c1-30(12(32)15(18,19)20)10-9-11(28-4-27-10)31(5-29-9)8-2-6(37-14(34)17(24,25)26)7(36-8)3-35-13(33)16(21,22)23/h4-8H,2-3H2,1H3/t6-,7+,8+/m0/s1. The van der Waals surface area contributed by atoms with Crippen molar-refractivity contribution in [3.8, 4) is 0 Å². The number of alkyl halides is 9. The van der Waals surface area contributed by atoms with Gasteiger partial charge >= 0.3 is 36.4 Å². The lowest BCUT2D eigenvalue weighted by Crippen LogP contribution is -2.39. The van der Waals surface area contributed by atoms with E-state index in [2.05, 4.69) is 24.4 Å². The Morgan fingerprint density at radius 1 is 1.00 bits per heavy atom. The topological polar surface area (TPSA) is 126 Å². The molecule has 37 heavy (non-hydrogen) atoms. The molecular formula is C17H12F9N5O6. The predicted octanol–water partition coefficient (Wildman–Crippen LogP) is 2.22. The minimum absolute atomic E-state index is 0.115. The Morgan fingerprint density at radius 3 is 2.19 bits per heavy atom. The average Bonchev–Trinajstić information content (AvgIpc) is 3.38. The largest absolute Gasteiger partial charge is 0.490 e. The maximum atomic E-state index is 12.8. The molecule has 0 aliphatic carbocycles. The molecule has 11 nitrogen and oxygen atoms in total. The van der Waals surface area contributed by atoms with Gasteiger partial charge in [0, 0.05) is 13.5 Å². The van der Waals surface area contributed by atoms with Gasteiger partial charge in [-0.1, -0.05) is 0 Å². The molecule has 204 valence electrons. The highest BCUT2D eigenvalue weighted by atomic mass is 19.4. The van der Waals surface area contributed by atoms with Crippen LogP contribution in [0.5, 0.6) is 0 Å². The van der Waals surface area contributed by atoms with Crippen LogP contribution in [0, 0.1) is 0 Å². The summed E-state index contributed by atoms with van der Waals surface area (Å²) >= 11 is 0. The van der Waals surface area contributed by atoms with Gasteiger partial charge in [-0.25, -0.2) is 24.5 Å². The first kappa shape index (κ1) is 27.9. The van der Waals surface area contributed by atoms with Crippen LogP contribution in [-0.2, 0) is 28.6 Å². The van der Waals surface area contributed by atoms with Crippen LogP contribution in [-0.4, -0.2) is 81.8 Å². The number of nitrogens with zero attached hydrogens (tertiary/aromatic N) is 5. The maximum Gasteiger partial charge on any atom is 0.490 e. The van der Waals surface area contributed by atoms with Gasteiger partial charge in [0.15, 0.2) is 17.0 Å². The lowest BCUT2D eigenvalue weighted by Gasteiger charge is -2.19. The number of esters is 2. The number of fused-ring (bicyclic) bond motifs is 1. The summed E-state index contributed by atoms with van der Waals surface area (Å²) in [4.78, 5) is 45.1. The molecule has 0 N–H and O–H groups in total. The van der Waals surface area contributed by atoms with E-state index < -0.39 is 73.7 Å². The quantitative estimate of drug-likeness (QED) is 0.405. The molecule has 0 radical (unpaired) electrons. The number of halogens is 9. The molecule has 1 aliphatic heterocycles. The molecule has 0 bridgehead atoms. The van der Waals surface area contributed by atoms with Crippen molar-refractivity contribution in [3.63, 3.8) is 0 Å².